The van der Waals surface area contributed by atoms with Crippen LogP contribution < -0.4 is 0 Å². The Morgan fingerprint density at radius 2 is 1.86 bits per heavy atom. The number of rotatable bonds is 3. The van der Waals surface area contributed by atoms with Gasteiger partial charge in [-0.15, -0.1) is 0 Å². The lowest BCUT2D eigenvalue weighted by Crippen LogP contribution is -2.43. The van der Waals surface area contributed by atoms with Crippen LogP contribution in [0.15, 0.2) is 0 Å². The molecule has 0 aliphatic carbocycles. The molecule has 0 amide bonds. The Balaban J connectivity index is 2.02. The molecule has 0 radical (unpaired) electrons. The highest BCUT2D eigenvalue weighted by Gasteiger charge is 2.38. The average Bonchev–Trinajstić information content (AvgIpc) is 3.01. The lowest BCUT2D eigenvalue weighted by Gasteiger charge is -2.30. The fraction of sp³-hybridized carbons (Fsp3) is 1.00. The largest absolute Gasteiger partial charge is 0.381 e. The van der Waals surface area contributed by atoms with Gasteiger partial charge < -0.3 is 4.74 Å². The van der Waals surface area contributed by atoms with Crippen molar-refractivity contribution in [3.63, 3.8) is 0 Å². The zero-order valence-corrected chi connectivity index (χ0v) is 9.16. The fourth-order valence-corrected chi connectivity index (χ4v) is 3.19. The molecule has 14 heavy (non-hydrogen) atoms. The molecule has 0 aromatic heterocycles. The Kier molecular flexibility index (Phi) is 2.79. The summed E-state index contributed by atoms with van der Waals surface area (Å²) < 4.78 is 31.8. The third kappa shape index (κ3) is 1.93. The molecule has 0 atom stereocenters. The van der Waals surface area contributed by atoms with Crippen molar-refractivity contribution in [3.8, 4) is 0 Å². The van der Waals surface area contributed by atoms with Crippen LogP contribution in [0.5, 0.6) is 0 Å². The molecule has 2 rings (SSSR count). The summed E-state index contributed by atoms with van der Waals surface area (Å²) in [5.41, 5.74) is 0. The Morgan fingerprint density at radius 3 is 2.36 bits per heavy atom. The smallest absolute Gasteiger partial charge is 0.282 e. The van der Waals surface area contributed by atoms with Crippen molar-refractivity contribution in [1.29, 1.82) is 0 Å². The van der Waals surface area contributed by atoms with E-state index >= 15 is 0 Å². The van der Waals surface area contributed by atoms with Crippen LogP contribution in [0.25, 0.3) is 0 Å². The van der Waals surface area contributed by atoms with Crippen LogP contribution in [0.3, 0.4) is 0 Å². The Bertz CT molecular complexity index is 294. The van der Waals surface area contributed by atoms with Crippen LogP contribution in [0.2, 0.25) is 0 Å². The van der Waals surface area contributed by atoms with Crippen molar-refractivity contribution in [2.45, 2.75) is 18.9 Å². The fourth-order valence-electron chi connectivity index (χ4n) is 1.69. The van der Waals surface area contributed by atoms with Crippen LogP contribution in [0, 0.1) is 0 Å². The van der Waals surface area contributed by atoms with E-state index in [0.717, 1.165) is 12.8 Å². The van der Waals surface area contributed by atoms with Crippen LogP contribution in [-0.2, 0) is 14.9 Å². The molecular weight excluding hydrogens is 204 g/mol. The van der Waals surface area contributed by atoms with Gasteiger partial charge in [-0.05, 0) is 12.8 Å². The Hall–Kier alpha value is -0.170. The molecule has 2 aliphatic heterocycles. The minimum atomic E-state index is -3.15. The van der Waals surface area contributed by atoms with E-state index < -0.39 is 10.2 Å². The van der Waals surface area contributed by atoms with Crippen LogP contribution in [-0.4, -0.2) is 56.4 Å². The highest BCUT2D eigenvalue weighted by Crippen LogP contribution is 2.21. The molecule has 0 spiro atoms. The monoisotopic (exact) mass is 220 g/mol. The number of nitrogens with zero attached hydrogens (tertiary/aromatic N) is 2. The lowest BCUT2D eigenvalue weighted by molar-refractivity contribution is 0.0625. The SMILES string of the molecule is CN(C1CCOCC1)S(=O)(=O)N1CC1. The molecule has 5 nitrogen and oxygen atoms in total. The molecule has 0 saturated carbocycles. The van der Waals surface area contributed by atoms with Gasteiger partial charge in [0.15, 0.2) is 0 Å². The maximum absolute atomic E-state index is 11.8. The van der Waals surface area contributed by atoms with Crippen molar-refractivity contribution >= 4 is 10.2 Å². The molecule has 2 fully saturated rings. The van der Waals surface area contributed by atoms with E-state index in [-0.39, 0.29) is 6.04 Å². The predicted octanol–water partition coefficient (Wildman–Crippen LogP) is -0.342. The number of hydrogen-bond donors (Lipinski definition) is 0. The Labute approximate surface area is 84.8 Å². The standard InChI is InChI=1S/C8H16N2O3S/c1-9(8-2-6-13-7-3-8)14(11,12)10-4-5-10/h8H,2-7H2,1H3. The van der Waals surface area contributed by atoms with E-state index in [1.165, 1.54) is 8.61 Å². The molecule has 6 heteroatoms. The predicted molar refractivity (Wildman–Crippen MR) is 52.1 cm³/mol. The van der Waals surface area contributed by atoms with Crippen molar-refractivity contribution in [2.75, 3.05) is 33.4 Å². The summed E-state index contributed by atoms with van der Waals surface area (Å²) in [7, 11) is -1.48. The highest BCUT2D eigenvalue weighted by molar-refractivity contribution is 7.87. The van der Waals surface area contributed by atoms with Gasteiger partial charge in [0, 0.05) is 39.4 Å². The molecule has 82 valence electrons. The van der Waals surface area contributed by atoms with Gasteiger partial charge in [-0.25, -0.2) is 0 Å². The zero-order valence-electron chi connectivity index (χ0n) is 8.35. The molecule has 2 aliphatic rings. The molecule has 0 unspecified atom stereocenters. The van der Waals surface area contributed by atoms with Gasteiger partial charge in [-0.1, -0.05) is 0 Å². The van der Waals surface area contributed by atoms with Crippen LogP contribution in [0.4, 0.5) is 0 Å². The van der Waals surface area contributed by atoms with Gasteiger partial charge in [-0.2, -0.15) is 17.0 Å². The Morgan fingerprint density at radius 1 is 1.29 bits per heavy atom. The summed E-state index contributed by atoms with van der Waals surface area (Å²) in [6.07, 6.45) is 1.62. The van der Waals surface area contributed by atoms with Gasteiger partial charge in [0.25, 0.3) is 10.2 Å². The zero-order chi connectivity index (χ0) is 10.2. The van der Waals surface area contributed by atoms with E-state index in [9.17, 15) is 8.42 Å². The third-order valence-corrected chi connectivity index (χ3v) is 4.85. The molecule has 2 saturated heterocycles. The number of ether oxygens (including phenoxy) is 1. The van der Waals surface area contributed by atoms with Crippen molar-refractivity contribution in [2.24, 2.45) is 0 Å². The molecule has 0 aromatic carbocycles. The van der Waals surface area contributed by atoms with Crippen LogP contribution >= 0.6 is 0 Å². The van der Waals surface area contributed by atoms with Gasteiger partial charge in [0.1, 0.15) is 0 Å². The first-order valence-electron chi connectivity index (χ1n) is 4.93. The second-order valence-electron chi connectivity index (χ2n) is 3.77. The van der Waals surface area contributed by atoms with Crippen molar-refractivity contribution in [3.05, 3.63) is 0 Å². The first-order chi connectivity index (χ1) is 6.62. The van der Waals surface area contributed by atoms with E-state index in [1.54, 1.807) is 7.05 Å². The molecule has 2 heterocycles. The summed E-state index contributed by atoms with van der Waals surface area (Å²) in [6, 6.07) is 0.120. The topological polar surface area (TPSA) is 49.6 Å². The maximum atomic E-state index is 11.8. The van der Waals surface area contributed by atoms with E-state index in [1.807, 2.05) is 0 Å². The van der Waals surface area contributed by atoms with E-state index in [0.29, 0.717) is 26.3 Å². The first-order valence-corrected chi connectivity index (χ1v) is 6.33. The van der Waals surface area contributed by atoms with E-state index in [2.05, 4.69) is 0 Å². The normalized spacial score (nSPS) is 25.6. The minimum absolute atomic E-state index is 0.120. The second-order valence-corrected chi connectivity index (χ2v) is 5.75. The number of hydrogen-bond acceptors (Lipinski definition) is 3. The minimum Gasteiger partial charge on any atom is -0.381 e. The third-order valence-electron chi connectivity index (χ3n) is 2.80. The average molecular weight is 220 g/mol. The summed E-state index contributed by atoms with van der Waals surface area (Å²) in [4.78, 5) is 0. The summed E-state index contributed by atoms with van der Waals surface area (Å²) >= 11 is 0. The van der Waals surface area contributed by atoms with Gasteiger partial charge in [0.2, 0.25) is 0 Å². The second kappa shape index (κ2) is 3.77. The van der Waals surface area contributed by atoms with Crippen molar-refractivity contribution in [1.82, 2.24) is 8.61 Å². The summed E-state index contributed by atoms with van der Waals surface area (Å²) in [6.45, 7) is 2.70. The first kappa shape index (κ1) is 10.4. The summed E-state index contributed by atoms with van der Waals surface area (Å²) in [5, 5.41) is 0. The van der Waals surface area contributed by atoms with Gasteiger partial charge >= 0.3 is 0 Å². The summed E-state index contributed by atoms with van der Waals surface area (Å²) in [5.74, 6) is 0. The molecule has 0 aromatic rings. The van der Waals surface area contributed by atoms with Gasteiger partial charge in [-0.3, -0.25) is 0 Å². The van der Waals surface area contributed by atoms with Crippen molar-refractivity contribution < 1.29 is 13.2 Å². The van der Waals surface area contributed by atoms with Gasteiger partial charge in [0.05, 0.1) is 0 Å². The maximum Gasteiger partial charge on any atom is 0.282 e. The molecule has 0 bridgehead atoms. The van der Waals surface area contributed by atoms with Crippen LogP contribution in [0.1, 0.15) is 12.8 Å². The lowest BCUT2D eigenvalue weighted by atomic mass is 10.1. The van der Waals surface area contributed by atoms with E-state index in [4.69, 9.17) is 4.74 Å². The highest BCUT2D eigenvalue weighted by atomic mass is 32.2. The quantitative estimate of drug-likeness (QED) is 0.611. The molecular formula is C8H16N2O3S. The molecule has 0 N–H and O–H groups in total.